The number of thioether (sulfide) groups is 1. The Labute approximate surface area is 109 Å². The topological polar surface area (TPSA) is 12.4 Å². The van der Waals surface area contributed by atoms with Crippen molar-refractivity contribution in [2.75, 3.05) is 0 Å². The zero-order chi connectivity index (χ0) is 12.4. The van der Waals surface area contributed by atoms with Gasteiger partial charge in [0, 0.05) is 11.5 Å². The van der Waals surface area contributed by atoms with E-state index in [1.54, 1.807) is 6.92 Å². The van der Waals surface area contributed by atoms with Gasteiger partial charge in [0.2, 0.25) is 0 Å². The maximum absolute atomic E-state index is 13.0. The van der Waals surface area contributed by atoms with Crippen molar-refractivity contribution in [2.24, 2.45) is 22.7 Å². The molecule has 17 heavy (non-hydrogen) atoms. The van der Waals surface area contributed by atoms with Crippen molar-refractivity contribution >= 4 is 18.0 Å². The summed E-state index contributed by atoms with van der Waals surface area (Å²) in [4.78, 5) is 4.70. The zero-order valence-corrected chi connectivity index (χ0v) is 11.9. The maximum Gasteiger partial charge on any atom is 0.0981 e. The predicted octanol–water partition coefficient (Wildman–Crippen LogP) is 4.32. The van der Waals surface area contributed by atoms with Gasteiger partial charge in [0.15, 0.2) is 0 Å². The van der Waals surface area contributed by atoms with Gasteiger partial charge in [0.25, 0.3) is 0 Å². The monoisotopic (exact) mass is 257 g/mol. The molecule has 0 radical (unpaired) electrons. The molecule has 2 heterocycles. The summed E-state index contributed by atoms with van der Waals surface area (Å²) >= 11 is 2.02. The van der Waals surface area contributed by atoms with Gasteiger partial charge in [-0.05, 0) is 50.4 Å². The Kier molecular flexibility index (Phi) is 4.51. The summed E-state index contributed by atoms with van der Waals surface area (Å²) in [6.07, 6.45) is 5.80. The average Bonchev–Trinajstić information content (AvgIpc) is 2.27. The van der Waals surface area contributed by atoms with E-state index in [1.165, 1.54) is 12.8 Å². The van der Waals surface area contributed by atoms with Crippen LogP contribution in [-0.4, -0.2) is 23.0 Å². The molecule has 1 fully saturated rings. The molecular formula is C14H24FNS. The van der Waals surface area contributed by atoms with Crippen molar-refractivity contribution in [3.8, 4) is 0 Å². The second kappa shape index (κ2) is 5.73. The molecule has 2 rings (SSSR count). The largest absolute Gasteiger partial charge is 0.283 e. The Morgan fingerprint density at radius 2 is 2.18 bits per heavy atom. The number of nitrogens with zero attached hydrogens (tertiary/aromatic N) is 1. The number of hydrogen-bond acceptors (Lipinski definition) is 2. The molecule has 0 amide bonds. The van der Waals surface area contributed by atoms with Gasteiger partial charge >= 0.3 is 0 Å². The van der Waals surface area contributed by atoms with Gasteiger partial charge in [-0.15, -0.1) is 11.8 Å². The van der Waals surface area contributed by atoms with E-state index in [0.29, 0.717) is 29.5 Å². The minimum Gasteiger partial charge on any atom is -0.283 e. The number of alkyl halides is 1. The third kappa shape index (κ3) is 3.24. The van der Waals surface area contributed by atoms with Gasteiger partial charge in [-0.25, -0.2) is 4.39 Å². The van der Waals surface area contributed by atoms with Crippen LogP contribution in [0.1, 0.15) is 46.5 Å². The number of fused-ring (bicyclic) bond motifs is 1. The number of halogens is 1. The van der Waals surface area contributed by atoms with Crippen LogP contribution in [0, 0.1) is 17.8 Å². The van der Waals surface area contributed by atoms with Crippen LogP contribution in [0.2, 0.25) is 0 Å². The van der Waals surface area contributed by atoms with Crippen LogP contribution in [0.15, 0.2) is 4.99 Å². The van der Waals surface area contributed by atoms with Crippen molar-refractivity contribution in [1.82, 2.24) is 0 Å². The SMILES string of the molecule is CC(F)CCC1C(C)C=NC2SC(C)CCC21. The van der Waals surface area contributed by atoms with Crippen LogP contribution in [0.4, 0.5) is 4.39 Å². The second-order valence-corrected chi connectivity index (χ2v) is 7.32. The number of aliphatic imine (C=N–C) groups is 1. The second-order valence-electron chi connectivity index (χ2n) is 5.76. The highest BCUT2D eigenvalue weighted by molar-refractivity contribution is 8.00. The smallest absolute Gasteiger partial charge is 0.0981 e. The average molecular weight is 257 g/mol. The van der Waals surface area contributed by atoms with Crippen molar-refractivity contribution in [3.05, 3.63) is 0 Å². The molecule has 1 nitrogen and oxygen atoms in total. The molecular weight excluding hydrogens is 233 g/mol. The zero-order valence-electron chi connectivity index (χ0n) is 11.1. The Morgan fingerprint density at radius 1 is 1.41 bits per heavy atom. The predicted molar refractivity (Wildman–Crippen MR) is 74.5 cm³/mol. The fraction of sp³-hybridized carbons (Fsp3) is 0.929. The number of hydrogen-bond donors (Lipinski definition) is 0. The molecule has 2 aliphatic heterocycles. The maximum atomic E-state index is 13.0. The first-order chi connectivity index (χ1) is 8.08. The number of rotatable bonds is 3. The minimum atomic E-state index is -0.658. The summed E-state index contributed by atoms with van der Waals surface area (Å²) in [7, 11) is 0. The quantitative estimate of drug-likeness (QED) is 0.733. The molecule has 0 N–H and O–H groups in total. The van der Waals surface area contributed by atoms with Gasteiger partial charge in [0.1, 0.15) is 0 Å². The van der Waals surface area contributed by atoms with Crippen LogP contribution in [0.25, 0.3) is 0 Å². The highest BCUT2D eigenvalue weighted by atomic mass is 32.2. The van der Waals surface area contributed by atoms with Crippen molar-refractivity contribution in [1.29, 1.82) is 0 Å². The highest BCUT2D eigenvalue weighted by Crippen LogP contribution is 2.45. The molecule has 3 heteroatoms. The molecule has 0 aliphatic carbocycles. The summed E-state index contributed by atoms with van der Waals surface area (Å²) < 4.78 is 13.0. The first-order valence-corrected chi connectivity index (χ1v) is 7.85. The Bertz CT molecular complexity index is 279. The lowest BCUT2D eigenvalue weighted by Gasteiger charge is -2.42. The van der Waals surface area contributed by atoms with Crippen molar-refractivity contribution in [3.63, 3.8) is 0 Å². The van der Waals surface area contributed by atoms with E-state index in [4.69, 9.17) is 4.99 Å². The Hall–Kier alpha value is -0.0500. The molecule has 6 unspecified atom stereocenters. The van der Waals surface area contributed by atoms with Gasteiger partial charge in [-0.3, -0.25) is 4.99 Å². The molecule has 0 aromatic carbocycles. The summed E-state index contributed by atoms with van der Waals surface area (Å²) in [6.45, 7) is 6.22. The van der Waals surface area contributed by atoms with Crippen LogP contribution in [-0.2, 0) is 0 Å². The lowest BCUT2D eigenvalue weighted by atomic mass is 9.75. The van der Waals surface area contributed by atoms with Gasteiger partial charge in [0.05, 0.1) is 11.5 Å². The molecule has 98 valence electrons. The molecule has 0 aromatic rings. The summed E-state index contributed by atoms with van der Waals surface area (Å²) in [5.41, 5.74) is 0. The highest BCUT2D eigenvalue weighted by Gasteiger charge is 2.38. The normalized spacial score (nSPS) is 43.2. The fourth-order valence-corrected chi connectivity index (χ4v) is 4.60. The molecule has 0 bridgehead atoms. The Morgan fingerprint density at radius 3 is 2.88 bits per heavy atom. The molecule has 0 saturated carbocycles. The lowest BCUT2D eigenvalue weighted by Crippen LogP contribution is -2.38. The lowest BCUT2D eigenvalue weighted by molar-refractivity contribution is 0.203. The van der Waals surface area contributed by atoms with Crippen LogP contribution in [0.5, 0.6) is 0 Å². The molecule has 2 aliphatic rings. The van der Waals surface area contributed by atoms with E-state index < -0.39 is 6.17 Å². The first kappa shape index (κ1) is 13.4. The van der Waals surface area contributed by atoms with Gasteiger partial charge in [-0.2, -0.15) is 0 Å². The van der Waals surface area contributed by atoms with Gasteiger partial charge in [-0.1, -0.05) is 13.8 Å². The van der Waals surface area contributed by atoms with Crippen molar-refractivity contribution < 1.29 is 4.39 Å². The first-order valence-electron chi connectivity index (χ1n) is 6.90. The van der Waals surface area contributed by atoms with E-state index in [1.807, 2.05) is 11.8 Å². The summed E-state index contributed by atoms with van der Waals surface area (Å²) in [5, 5.41) is 1.19. The van der Waals surface area contributed by atoms with E-state index >= 15 is 0 Å². The van der Waals surface area contributed by atoms with Crippen LogP contribution >= 0.6 is 11.8 Å². The van der Waals surface area contributed by atoms with Gasteiger partial charge < -0.3 is 0 Å². The van der Waals surface area contributed by atoms with E-state index in [0.717, 1.165) is 11.7 Å². The van der Waals surface area contributed by atoms with E-state index in [2.05, 4.69) is 20.1 Å². The molecule has 6 atom stereocenters. The van der Waals surface area contributed by atoms with E-state index in [-0.39, 0.29) is 0 Å². The van der Waals surface area contributed by atoms with E-state index in [9.17, 15) is 4.39 Å². The fourth-order valence-electron chi connectivity index (χ4n) is 3.17. The third-order valence-corrected chi connectivity index (χ3v) is 5.69. The van der Waals surface area contributed by atoms with Crippen LogP contribution in [0.3, 0.4) is 0 Å². The van der Waals surface area contributed by atoms with Crippen molar-refractivity contribution in [2.45, 2.75) is 63.2 Å². The standard InChI is InChI=1S/C14H24FNS/c1-9-8-16-14-13(7-5-11(3)17-14)12(9)6-4-10(2)15/h8-14H,4-7H2,1-3H3. The van der Waals surface area contributed by atoms with Crippen LogP contribution < -0.4 is 0 Å². The minimum absolute atomic E-state index is 0.454. The summed E-state index contributed by atoms with van der Waals surface area (Å²) in [6, 6.07) is 0. The Balaban J connectivity index is 2.01. The third-order valence-electron chi connectivity index (χ3n) is 4.24. The molecule has 0 spiro atoms. The molecule has 1 saturated heterocycles. The summed E-state index contributed by atoms with van der Waals surface area (Å²) in [5.74, 6) is 1.87. The molecule has 0 aromatic heterocycles.